The summed E-state index contributed by atoms with van der Waals surface area (Å²) in [4.78, 5) is 2.40. The van der Waals surface area contributed by atoms with E-state index in [0.717, 1.165) is 24.1 Å². The van der Waals surface area contributed by atoms with Crippen LogP contribution in [0.2, 0.25) is 0 Å². The summed E-state index contributed by atoms with van der Waals surface area (Å²) in [6.45, 7) is 6.61. The van der Waals surface area contributed by atoms with Gasteiger partial charge in [0, 0.05) is 18.8 Å². The molecule has 2 nitrogen and oxygen atoms in total. The van der Waals surface area contributed by atoms with E-state index in [9.17, 15) is 0 Å². The van der Waals surface area contributed by atoms with Crippen LogP contribution in [0.25, 0.3) is 0 Å². The van der Waals surface area contributed by atoms with E-state index in [2.05, 4.69) is 44.0 Å². The van der Waals surface area contributed by atoms with Crippen LogP contribution in [0, 0.1) is 18.8 Å². The zero-order chi connectivity index (χ0) is 11.7. The molecule has 0 amide bonds. The average molecular weight is 218 g/mol. The molecule has 0 aliphatic heterocycles. The number of nitrogen functional groups attached to an aromatic ring is 1. The molecule has 1 saturated carbocycles. The topological polar surface area (TPSA) is 29.3 Å². The highest BCUT2D eigenvalue weighted by atomic mass is 15.1. The molecule has 2 heteroatoms. The minimum absolute atomic E-state index is 0.908. The minimum atomic E-state index is 0.908. The van der Waals surface area contributed by atoms with Gasteiger partial charge in [-0.2, -0.15) is 0 Å². The van der Waals surface area contributed by atoms with Crippen LogP contribution in [-0.4, -0.2) is 18.5 Å². The molecular formula is C14H22N2. The monoisotopic (exact) mass is 218 g/mol. The molecule has 1 aromatic carbocycles. The van der Waals surface area contributed by atoms with E-state index in [1.54, 1.807) is 0 Å². The molecule has 1 fully saturated rings. The van der Waals surface area contributed by atoms with Gasteiger partial charge in [-0.15, -0.1) is 0 Å². The summed E-state index contributed by atoms with van der Waals surface area (Å²) in [6.07, 6.45) is 1.40. The molecule has 0 spiro atoms. The maximum atomic E-state index is 5.91. The van der Waals surface area contributed by atoms with Gasteiger partial charge < -0.3 is 10.6 Å². The summed E-state index contributed by atoms with van der Waals surface area (Å²) in [5.74, 6) is 1.86. The fourth-order valence-electron chi connectivity index (χ4n) is 2.22. The van der Waals surface area contributed by atoms with Gasteiger partial charge in [-0.1, -0.05) is 19.1 Å². The molecule has 16 heavy (non-hydrogen) atoms. The first-order chi connectivity index (χ1) is 7.56. The van der Waals surface area contributed by atoms with Crippen molar-refractivity contribution in [2.24, 2.45) is 11.8 Å². The number of anilines is 1. The van der Waals surface area contributed by atoms with Crippen molar-refractivity contribution in [2.75, 3.05) is 19.3 Å². The summed E-state index contributed by atoms with van der Waals surface area (Å²) >= 11 is 0. The predicted molar refractivity (Wildman–Crippen MR) is 69.2 cm³/mol. The molecule has 2 atom stereocenters. The molecule has 0 bridgehead atoms. The lowest BCUT2D eigenvalue weighted by Crippen LogP contribution is -2.21. The van der Waals surface area contributed by atoms with Crippen molar-refractivity contribution in [1.82, 2.24) is 4.90 Å². The van der Waals surface area contributed by atoms with Gasteiger partial charge in [0.15, 0.2) is 0 Å². The second-order valence-electron chi connectivity index (χ2n) is 5.36. The average Bonchev–Trinajstić information content (AvgIpc) is 2.88. The van der Waals surface area contributed by atoms with E-state index >= 15 is 0 Å². The SMILES string of the molecule is Cc1ccc(CN(C)CC2CC2C)cc1N. The van der Waals surface area contributed by atoms with Crippen LogP contribution in [0.5, 0.6) is 0 Å². The van der Waals surface area contributed by atoms with Crippen LogP contribution in [0.15, 0.2) is 18.2 Å². The van der Waals surface area contributed by atoms with Gasteiger partial charge in [-0.3, -0.25) is 0 Å². The van der Waals surface area contributed by atoms with Crippen LogP contribution in [-0.2, 0) is 6.54 Å². The van der Waals surface area contributed by atoms with Gasteiger partial charge in [0.2, 0.25) is 0 Å². The Morgan fingerprint density at radius 1 is 1.44 bits per heavy atom. The van der Waals surface area contributed by atoms with E-state index < -0.39 is 0 Å². The smallest absolute Gasteiger partial charge is 0.0346 e. The Bertz CT molecular complexity index is 373. The van der Waals surface area contributed by atoms with E-state index in [4.69, 9.17) is 5.73 Å². The lowest BCUT2D eigenvalue weighted by atomic mass is 10.1. The van der Waals surface area contributed by atoms with Crippen LogP contribution >= 0.6 is 0 Å². The lowest BCUT2D eigenvalue weighted by Gasteiger charge is -2.17. The van der Waals surface area contributed by atoms with Gasteiger partial charge in [0.25, 0.3) is 0 Å². The van der Waals surface area contributed by atoms with Gasteiger partial charge >= 0.3 is 0 Å². The first-order valence-corrected chi connectivity index (χ1v) is 6.10. The second-order valence-corrected chi connectivity index (χ2v) is 5.36. The van der Waals surface area contributed by atoms with Crippen molar-refractivity contribution in [3.8, 4) is 0 Å². The fourth-order valence-corrected chi connectivity index (χ4v) is 2.22. The molecule has 1 aromatic rings. The standard InChI is InChI=1S/C14H22N2/c1-10-4-5-12(7-14(10)15)8-16(3)9-13-6-11(13)2/h4-5,7,11,13H,6,8-9,15H2,1-3H3. The molecule has 1 aliphatic carbocycles. The number of nitrogens with two attached hydrogens (primary N) is 1. The van der Waals surface area contributed by atoms with E-state index in [1.807, 2.05) is 0 Å². The molecule has 2 unspecified atom stereocenters. The summed E-state index contributed by atoms with van der Waals surface area (Å²) < 4.78 is 0. The summed E-state index contributed by atoms with van der Waals surface area (Å²) in [5, 5.41) is 0. The Morgan fingerprint density at radius 2 is 2.12 bits per heavy atom. The molecule has 2 N–H and O–H groups in total. The van der Waals surface area contributed by atoms with Gasteiger partial charge in [0.05, 0.1) is 0 Å². The number of rotatable bonds is 4. The van der Waals surface area contributed by atoms with E-state index in [-0.39, 0.29) is 0 Å². The molecule has 0 aromatic heterocycles. The highest BCUT2D eigenvalue weighted by Gasteiger charge is 2.32. The minimum Gasteiger partial charge on any atom is -0.399 e. The quantitative estimate of drug-likeness (QED) is 0.787. The first kappa shape index (κ1) is 11.5. The number of nitrogens with zero attached hydrogens (tertiary/aromatic N) is 1. The Balaban J connectivity index is 1.90. The van der Waals surface area contributed by atoms with Crippen molar-refractivity contribution >= 4 is 5.69 Å². The number of hydrogen-bond donors (Lipinski definition) is 1. The lowest BCUT2D eigenvalue weighted by molar-refractivity contribution is 0.307. The highest BCUT2D eigenvalue weighted by Crippen LogP contribution is 2.38. The number of aryl methyl sites for hydroxylation is 1. The third-order valence-corrected chi connectivity index (χ3v) is 3.62. The zero-order valence-electron chi connectivity index (χ0n) is 10.5. The highest BCUT2D eigenvalue weighted by molar-refractivity contribution is 5.48. The Labute approximate surface area is 98.4 Å². The molecule has 0 saturated heterocycles. The molecule has 1 aliphatic rings. The van der Waals surface area contributed by atoms with Crippen LogP contribution < -0.4 is 5.73 Å². The van der Waals surface area contributed by atoms with Crippen molar-refractivity contribution in [1.29, 1.82) is 0 Å². The Kier molecular flexibility index (Phi) is 3.20. The predicted octanol–water partition coefficient (Wildman–Crippen LogP) is 2.67. The first-order valence-electron chi connectivity index (χ1n) is 6.10. The van der Waals surface area contributed by atoms with Crippen LogP contribution in [0.1, 0.15) is 24.5 Å². The summed E-state index contributed by atoms with van der Waals surface area (Å²) in [7, 11) is 2.20. The summed E-state index contributed by atoms with van der Waals surface area (Å²) in [6, 6.07) is 6.39. The number of benzene rings is 1. The third kappa shape index (κ3) is 2.76. The van der Waals surface area contributed by atoms with Crippen LogP contribution in [0.4, 0.5) is 5.69 Å². The fraction of sp³-hybridized carbons (Fsp3) is 0.571. The molecule has 0 heterocycles. The Hall–Kier alpha value is -1.02. The van der Waals surface area contributed by atoms with E-state index in [1.165, 1.54) is 24.1 Å². The maximum Gasteiger partial charge on any atom is 0.0346 e. The second kappa shape index (κ2) is 4.46. The van der Waals surface area contributed by atoms with Crippen molar-refractivity contribution < 1.29 is 0 Å². The van der Waals surface area contributed by atoms with Crippen molar-refractivity contribution in [3.05, 3.63) is 29.3 Å². The molecular weight excluding hydrogens is 196 g/mol. The van der Waals surface area contributed by atoms with E-state index in [0.29, 0.717) is 0 Å². The van der Waals surface area contributed by atoms with Gasteiger partial charge in [0.1, 0.15) is 0 Å². The summed E-state index contributed by atoms with van der Waals surface area (Å²) in [5.41, 5.74) is 9.31. The largest absolute Gasteiger partial charge is 0.399 e. The molecule has 88 valence electrons. The number of hydrogen-bond acceptors (Lipinski definition) is 2. The van der Waals surface area contributed by atoms with Crippen molar-refractivity contribution in [3.63, 3.8) is 0 Å². The van der Waals surface area contributed by atoms with Gasteiger partial charge in [-0.05, 0) is 49.4 Å². The maximum absolute atomic E-state index is 5.91. The van der Waals surface area contributed by atoms with Crippen molar-refractivity contribution in [2.45, 2.75) is 26.8 Å². The van der Waals surface area contributed by atoms with Gasteiger partial charge in [-0.25, -0.2) is 0 Å². The van der Waals surface area contributed by atoms with Crippen LogP contribution in [0.3, 0.4) is 0 Å². The Morgan fingerprint density at radius 3 is 2.69 bits per heavy atom. The zero-order valence-corrected chi connectivity index (χ0v) is 10.5. The normalized spacial score (nSPS) is 23.8. The molecule has 0 radical (unpaired) electrons. The third-order valence-electron chi connectivity index (χ3n) is 3.62. The molecule has 2 rings (SSSR count).